The molecule has 1 atom stereocenters. The van der Waals surface area contributed by atoms with Crippen LogP contribution < -0.4 is 10.1 Å². The van der Waals surface area contributed by atoms with Gasteiger partial charge in [-0.05, 0) is 17.7 Å². The molecule has 9 heteroatoms. The molecule has 2 aromatic rings. The highest BCUT2D eigenvalue weighted by Gasteiger charge is 2.25. The topological polar surface area (TPSA) is 75.6 Å². The van der Waals surface area contributed by atoms with Gasteiger partial charge in [0.25, 0.3) is 5.91 Å². The number of ether oxygens (including phenoxy) is 1. The summed E-state index contributed by atoms with van der Waals surface area (Å²) in [7, 11) is 1.41. The van der Waals surface area contributed by atoms with E-state index in [0.29, 0.717) is 23.4 Å². The number of rotatable bonds is 6. The number of carboxylic acid groups (broad SMARTS) is 1. The van der Waals surface area contributed by atoms with Crippen molar-refractivity contribution in [1.29, 1.82) is 0 Å². The van der Waals surface area contributed by atoms with Crippen LogP contribution in [0.3, 0.4) is 0 Å². The van der Waals surface area contributed by atoms with Crippen molar-refractivity contribution in [2.45, 2.75) is 12.5 Å². The van der Waals surface area contributed by atoms with Crippen molar-refractivity contribution in [1.82, 2.24) is 5.32 Å². The SMILES string of the molecule is COc1ccc(C[C@H](NC(=O)c2c(F)cc(F)cc2F)C(=O)O)cc1Cl. The summed E-state index contributed by atoms with van der Waals surface area (Å²) in [6, 6.07) is 3.66. The summed E-state index contributed by atoms with van der Waals surface area (Å²) in [6.45, 7) is 0. The zero-order valence-electron chi connectivity index (χ0n) is 13.4. The number of aliphatic carboxylic acids is 1. The summed E-state index contributed by atoms with van der Waals surface area (Å²) < 4.78 is 45.2. The standard InChI is InChI=1S/C17H13ClF3NO4/c1-26-14-3-2-8(4-10(14)18)5-13(17(24)25)22-16(23)15-11(20)6-9(19)7-12(15)21/h2-4,6-7,13H,5H2,1H3,(H,22,23)(H,24,25)/t13-/m0/s1. The predicted molar refractivity (Wildman–Crippen MR) is 86.9 cm³/mol. The number of benzene rings is 2. The van der Waals surface area contributed by atoms with E-state index < -0.39 is 40.9 Å². The fraction of sp³-hybridized carbons (Fsp3) is 0.176. The van der Waals surface area contributed by atoms with Crippen LogP contribution in [0, 0.1) is 17.5 Å². The molecule has 0 saturated heterocycles. The smallest absolute Gasteiger partial charge is 0.326 e. The van der Waals surface area contributed by atoms with Crippen molar-refractivity contribution in [3.63, 3.8) is 0 Å². The molecule has 138 valence electrons. The number of carboxylic acids is 1. The van der Waals surface area contributed by atoms with E-state index in [1.165, 1.54) is 25.3 Å². The van der Waals surface area contributed by atoms with Crippen LogP contribution in [-0.2, 0) is 11.2 Å². The van der Waals surface area contributed by atoms with Crippen LogP contribution in [0.5, 0.6) is 5.75 Å². The number of hydrogen-bond acceptors (Lipinski definition) is 3. The van der Waals surface area contributed by atoms with Gasteiger partial charge >= 0.3 is 5.97 Å². The quantitative estimate of drug-likeness (QED) is 0.798. The lowest BCUT2D eigenvalue weighted by atomic mass is 10.0. The molecule has 0 radical (unpaired) electrons. The highest BCUT2D eigenvalue weighted by molar-refractivity contribution is 6.32. The zero-order chi connectivity index (χ0) is 19.4. The molecule has 0 aliphatic rings. The van der Waals surface area contributed by atoms with Crippen LogP contribution >= 0.6 is 11.6 Å². The highest BCUT2D eigenvalue weighted by Crippen LogP contribution is 2.25. The average Bonchev–Trinajstić information content (AvgIpc) is 2.53. The van der Waals surface area contributed by atoms with Gasteiger partial charge in [0.15, 0.2) is 0 Å². The van der Waals surface area contributed by atoms with Gasteiger partial charge in [0, 0.05) is 18.6 Å². The summed E-state index contributed by atoms with van der Waals surface area (Å²) in [5.41, 5.74) is -0.617. The van der Waals surface area contributed by atoms with E-state index >= 15 is 0 Å². The van der Waals surface area contributed by atoms with E-state index in [2.05, 4.69) is 0 Å². The molecule has 0 spiro atoms. The minimum atomic E-state index is -1.49. The Morgan fingerprint density at radius 3 is 2.31 bits per heavy atom. The Bertz CT molecular complexity index is 837. The highest BCUT2D eigenvalue weighted by atomic mass is 35.5. The molecular weight excluding hydrogens is 375 g/mol. The third-order valence-electron chi connectivity index (χ3n) is 3.49. The van der Waals surface area contributed by atoms with E-state index in [1.807, 2.05) is 5.32 Å². The molecule has 26 heavy (non-hydrogen) atoms. The van der Waals surface area contributed by atoms with Gasteiger partial charge in [0.1, 0.15) is 34.8 Å². The number of nitrogens with one attached hydrogen (secondary N) is 1. The maximum atomic E-state index is 13.7. The van der Waals surface area contributed by atoms with Crippen LogP contribution in [0.25, 0.3) is 0 Å². The molecular formula is C17H13ClF3NO4. The van der Waals surface area contributed by atoms with Crippen molar-refractivity contribution < 1.29 is 32.6 Å². The van der Waals surface area contributed by atoms with Crippen LogP contribution in [0.4, 0.5) is 13.2 Å². The van der Waals surface area contributed by atoms with E-state index in [9.17, 15) is 27.9 Å². The van der Waals surface area contributed by atoms with Gasteiger partial charge in [-0.2, -0.15) is 0 Å². The fourth-order valence-corrected chi connectivity index (χ4v) is 2.54. The zero-order valence-corrected chi connectivity index (χ0v) is 14.1. The summed E-state index contributed by atoms with van der Waals surface area (Å²) in [5.74, 6) is -6.42. The molecule has 0 unspecified atom stereocenters. The van der Waals surface area contributed by atoms with Crippen LogP contribution in [0.1, 0.15) is 15.9 Å². The Hall–Kier alpha value is -2.74. The van der Waals surface area contributed by atoms with Crippen molar-refractivity contribution in [3.8, 4) is 5.75 Å². The second-order valence-corrected chi connectivity index (χ2v) is 5.69. The first-order chi connectivity index (χ1) is 12.2. The Kier molecular flexibility index (Phi) is 6.10. The molecule has 1 amide bonds. The third kappa shape index (κ3) is 4.45. The van der Waals surface area contributed by atoms with Gasteiger partial charge in [0.2, 0.25) is 0 Å². The maximum Gasteiger partial charge on any atom is 0.326 e. The van der Waals surface area contributed by atoms with Gasteiger partial charge in [0.05, 0.1) is 12.1 Å². The summed E-state index contributed by atoms with van der Waals surface area (Å²) in [4.78, 5) is 23.4. The summed E-state index contributed by atoms with van der Waals surface area (Å²) >= 11 is 5.96. The maximum absolute atomic E-state index is 13.7. The van der Waals surface area contributed by atoms with Gasteiger partial charge in [-0.25, -0.2) is 18.0 Å². The number of methoxy groups -OCH3 is 1. The van der Waals surface area contributed by atoms with E-state index in [1.54, 1.807) is 0 Å². The fourth-order valence-electron chi connectivity index (χ4n) is 2.26. The van der Waals surface area contributed by atoms with Gasteiger partial charge in [-0.1, -0.05) is 17.7 Å². The first-order valence-electron chi connectivity index (χ1n) is 7.23. The first-order valence-corrected chi connectivity index (χ1v) is 7.61. The lowest BCUT2D eigenvalue weighted by Crippen LogP contribution is -2.43. The second kappa shape index (κ2) is 8.09. The van der Waals surface area contributed by atoms with Crippen LogP contribution in [0.15, 0.2) is 30.3 Å². The Balaban J connectivity index is 2.22. The molecule has 0 aromatic heterocycles. The third-order valence-corrected chi connectivity index (χ3v) is 3.79. The lowest BCUT2D eigenvalue weighted by molar-refractivity contribution is -0.139. The number of carbonyl (C=O) groups is 2. The molecule has 2 aromatic carbocycles. The summed E-state index contributed by atoms with van der Waals surface area (Å²) in [6.07, 6.45) is -0.199. The van der Waals surface area contributed by atoms with Gasteiger partial charge in [-0.15, -0.1) is 0 Å². The van der Waals surface area contributed by atoms with Gasteiger partial charge < -0.3 is 15.2 Å². The molecule has 2 N–H and O–H groups in total. The largest absolute Gasteiger partial charge is 0.495 e. The predicted octanol–water partition coefficient (Wildman–Crippen LogP) is 3.19. The first kappa shape index (κ1) is 19.6. The van der Waals surface area contributed by atoms with Crippen molar-refractivity contribution in [2.75, 3.05) is 7.11 Å². The lowest BCUT2D eigenvalue weighted by Gasteiger charge is -2.16. The Labute approximate surface area is 151 Å². The van der Waals surface area contributed by atoms with Crippen LogP contribution in [0.2, 0.25) is 5.02 Å². The molecule has 5 nitrogen and oxygen atoms in total. The molecule has 0 aliphatic carbocycles. The minimum Gasteiger partial charge on any atom is -0.495 e. The molecule has 0 fully saturated rings. The number of amides is 1. The van der Waals surface area contributed by atoms with Crippen molar-refractivity contribution in [2.24, 2.45) is 0 Å². The number of hydrogen-bond donors (Lipinski definition) is 2. The normalized spacial score (nSPS) is 11.7. The number of carbonyl (C=O) groups excluding carboxylic acids is 1. The minimum absolute atomic E-state index is 0.199. The molecule has 0 heterocycles. The Morgan fingerprint density at radius 2 is 1.81 bits per heavy atom. The van der Waals surface area contributed by atoms with Gasteiger partial charge in [-0.3, -0.25) is 4.79 Å². The molecule has 2 rings (SSSR count). The molecule has 0 bridgehead atoms. The summed E-state index contributed by atoms with van der Waals surface area (Å²) in [5, 5.41) is 11.5. The second-order valence-electron chi connectivity index (χ2n) is 5.28. The molecule has 0 aliphatic heterocycles. The van der Waals surface area contributed by atoms with Crippen molar-refractivity contribution in [3.05, 3.63) is 63.9 Å². The van der Waals surface area contributed by atoms with E-state index in [0.717, 1.165) is 0 Å². The molecule has 0 saturated carbocycles. The van der Waals surface area contributed by atoms with E-state index in [4.69, 9.17) is 16.3 Å². The number of halogens is 4. The average molecular weight is 388 g/mol. The van der Waals surface area contributed by atoms with Crippen molar-refractivity contribution >= 4 is 23.5 Å². The monoisotopic (exact) mass is 387 g/mol. The Morgan fingerprint density at radius 1 is 1.19 bits per heavy atom. The van der Waals surface area contributed by atoms with Crippen LogP contribution in [-0.4, -0.2) is 30.1 Å². The van der Waals surface area contributed by atoms with E-state index in [-0.39, 0.29) is 11.4 Å².